The summed E-state index contributed by atoms with van der Waals surface area (Å²) < 4.78 is 5.00. The summed E-state index contributed by atoms with van der Waals surface area (Å²) in [6.45, 7) is 1.88. The zero-order valence-corrected chi connectivity index (χ0v) is 17.8. The maximum absolute atomic E-state index is 11.3. The number of benzene rings is 2. The number of oxazole rings is 1. The molecular formula is C19H17N6NaO3. The first-order valence-electron chi connectivity index (χ1n) is 8.38. The van der Waals surface area contributed by atoms with Crippen LogP contribution in [0.4, 0.5) is 23.1 Å². The summed E-state index contributed by atoms with van der Waals surface area (Å²) in [7, 11) is 0. The van der Waals surface area contributed by atoms with E-state index in [1.807, 2.05) is 6.92 Å². The number of carbonyl (C=O) groups excluding carboxylic acids is 1. The summed E-state index contributed by atoms with van der Waals surface area (Å²) in [5, 5.41) is 6.29. The maximum Gasteiger partial charge on any atom is 1.00 e. The van der Waals surface area contributed by atoms with Crippen molar-refractivity contribution < 1.29 is 40.2 Å². The number of aromatic amines is 1. The van der Waals surface area contributed by atoms with Crippen molar-refractivity contribution in [3.8, 4) is 0 Å². The van der Waals surface area contributed by atoms with Crippen LogP contribution in [-0.4, -0.2) is 20.9 Å². The van der Waals surface area contributed by atoms with Crippen LogP contribution in [0.1, 0.15) is 17.3 Å². The fraction of sp³-hybridized carbons (Fsp3) is 0.0526. The third kappa shape index (κ3) is 4.65. The van der Waals surface area contributed by atoms with Gasteiger partial charge in [-0.1, -0.05) is 0 Å². The molecule has 0 bridgehead atoms. The zero-order chi connectivity index (χ0) is 19.7. The summed E-state index contributed by atoms with van der Waals surface area (Å²) in [6, 6.07) is 11.9. The van der Waals surface area contributed by atoms with E-state index in [9.17, 15) is 9.59 Å². The number of hydrogen-bond donors (Lipinski definition) is 4. The van der Waals surface area contributed by atoms with E-state index in [0.29, 0.717) is 28.4 Å². The predicted octanol–water partition coefficient (Wildman–Crippen LogP) is -0.0779. The first-order valence-corrected chi connectivity index (χ1v) is 8.38. The van der Waals surface area contributed by atoms with Gasteiger partial charge in [0.1, 0.15) is 5.82 Å². The van der Waals surface area contributed by atoms with Crippen molar-refractivity contribution >= 4 is 40.1 Å². The molecule has 4 rings (SSSR count). The SMILES string of the molecule is Cc1cnc(Nc2ccc(C(N)=O)cc2)nc1Nc1ccc2oc(=O)[nH]c2c1.[H-].[Na+]. The Morgan fingerprint density at radius 3 is 2.59 bits per heavy atom. The van der Waals surface area contributed by atoms with Gasteiger partial charge in [0.25, 0.3) is 0 Å². The number of hydrogen-bond acceptors (Lipinski definition) is 7. The average molecular weight is 400 g/mol. The van der Waals surface area contributed by atoms with Crippen molar-refractivity contribution in [2.45, 2.75) is 6.92 Å². The van der Waals surface area contributed by atoms with Crippen LogP contribution in [0.25, 0.3) is 11.1 Å². The number of carbonyl (C=O) groups is 1. The Balaban J connectivity index is 0.00000160. The van der Waals surface area contributed by atoms with Crippen molar-refractivity contribution in [2.24, 2.45) is 5.73 Å². The molecule has 0 aliphatic rings. The molecule has 5 N–H and O–H groups in total. The Morgan fingerprint density at radius 1 is 1.14 bits per heavy atom. The number of amides is 1. The van der Waals surface area contributed by atoms with Crippen molar-refractivity contribution in [2.75, 3.05) is 10.6 Å². The van der Waals surface area contributed by atoms with Crippen LogP contribution in [0.2, 0.25) is 0 Å². The molecule has 2 aromatic carbocycles. The summed E-state index contributed by atoms with van der Waals surface area (Å²) in [4.78, 5) is 33.8. The number of primary amides is 1. The fourth-order valence-electron chi connectivity index (χ4n) is 2.64. The number of aryl methyl sites for hydroxylation is 1. The molecule has 0 atom stereocenters. The Hall–Kier alpha value is -3.14. The number of anilines is 4. The number of aromatic nitrogens is 3. The van der Waals surface area contributed by atoms with Crippen LogP contribution >= 0.6 is 0 Å². The molecular weight excluding hydrogens is 383 g/mol. The van der Waals surface area contributed by atoms with Gasteiger partial charge in [-0.15, -0.1) is 0 Å². The molecule has 0 unspecified atom stereocenters. The number of nitrogens with two attached hydrogens (primary N) is 1. The molecule has 1 amide bonds. The van der Waals surface area contributed by atoms with Crippen LogP contribution in [-0.2, 0) is 0 Å². The van der Waals surface area contributed by atoms with Crippen LogP contribution in [0.15, 0.2) is 57.9 Å². The predicted molar refractivity (Wildman–Crippen MR) is 106 cm³/mol. The molecule has 2 heterocycles. The van der Waals surface area contributed by atoms with E-state index in [-0.39, 0.29) is 31.0 Å². The average Bonchev–Trinajstić information content (AvgIpc) is 3.04. The van der Waals surface area contributed by atoms with E-state index < -0.39 is 11.7 Å². The topological polar surface area (TPSA) is 139 Å². The Kier molecular flexibility index (Phi) is 6.02. The van der Waals surface area contributed by atoms with Gasteiger partial charge in [0.15, 0.2) is 5.58 Å². The van der Waals surface area contributed by atoms with Crippen LogP contribution in [0.3, 0.4) is 0 Å². The molecule has 0 spiro atoms. The molecule has 0 aliphatic carbocycles. The normalized spacial score (nSPS) is 10.4. The molecule has 4 aromatic rings. The van der Waals surface area contributed by atoms with Gasteiger partial charge in [-0.3, -0.25) is 9.78 Å². The number of nitrogens with one attached hydrogen (secondary N) is 3. The van der Waals surface area contributed by atoms with Gasteiger partial charge in [-0.2, -0.15) is 4.98 Å². The van der Waals surface area contributed by atoms with Crippen molar-refractivity contribution in [1.82, 2.24) is 15.0 Å². The number of H-pyrrole nitrogens is 1. The van der Waals surface area contributed by atoms with Crippen LogP contribution in [0, 0.1) is 6.92 Å². The van der Waals surface area contributed by atoms with E-state index in [4.69, 9.17) is 10.2 Å². The Bertz CT molecular complexity index is 1240. The smallest absolute Gasteiger partial charge is 1.00 e. The van der Waals surface area contributed by atoms with Gasteiger partial charge in [-0.25, -0.2) is 9.78 Å². The third-order valence-corrected chi connectivity index (χ3v) is 4.08. The molecule has 0 saturated heterocycles. The van der Waals surface area contributed by atoms with E-state index in [2.05, 4.69) is 25.6 Å². The minimum Gasteiger partial charge on any atom is -1.00 e. The van der Waals surface area contributed by atoms with E-state index >= 15 is 0 Å². The molecule has 9 nitrogen and oxygen atoms in total. The zero-order valence-electron chi connectivity index (χ0n) is 16.8. The molecule has 0 fully saturated rings. The second kappa shape index (κ2) is 8.48. The molecule has 0 aliphatic heterocycles. The van der Waals surface area contributed by atoms with Crippen LogP contribution in [0.5, 0.6) is 0 Å². The van der Waals surface area contributed by atoms with Gasteiger partial charge in [0, 0.05) is 28.7 Å². The summed E-state index contributed by atoms with van der Waals surface area (Å²) >= 11 is 0. The summed E-state index contributed by atoms with van der Waals surface area (Å²) in [6.07, 6.45) is 1.69. The molecule has 0 radical (unpaired) electrons. The molecule has 142 valence electrons. The van der Waals surface area contributed by atoms with E-state index in [1.54, 1.807) is 48.7 Å². The number of nitrogens with zero attached hydrogens (tertiary/aromatic N) is 2. The number of fused-ring (bicyclic) bond motifs is 1. The quantitative estimate of drug-likeness (QED) is 0.344. The largest absolute Gasteiger partial charge is 1.00 e. The van der Waals surface area contributed by atoms with Gasteiger partial charge in [0.2, 0.25) is 11.9 Å². The summed E-state index contributed by atoms with van der Waals surface area (Å²) in [5.41, 5.74) is 9.04. The fourth-order valence-corrected chi connectivity index (χ4v) is 2.64. The Morgan fingerprint density at radius 2 is 1.86 bits per heavy atom. The van der Waals surface area contributed by atoms with Gasteiger partial charge in [-0.05, 0) is 49.4 Å². The van der Waals surface area contributed by atoms with E-state index in [1.165, 1.54) is 0 Å². The van der Waals surface area contributed by atoms with Crippen molar-refractivity contribution in [1.29, 1.82) is 0 Å². The van der Waals surface area contributed by atoms with Gasteiger partial charge >= 0.3 is 35.3 Å². The van der Waals surface area contributed by atoms with Crippen LogP contribution < -0.4 is 51.7 Å². The standard InChI is InChI=1S/C19H16N6O3.Na.H/c1-10-9-21-18(23-12-4-2-11(3-5-12)16(20)26)25-17(10)22-13-6-7-15-14(8-13)24-19(27)28-15;;/h2-9H,1H3,(H2,20,26)(H,24,27)(H2,21,22,23,25);;/q;+1;-1. The van der Waals surface area contributed by atoms with Gasteiger partial charge in [0.05, 0.1) is 5.52 Å². The molecule has 2 aromatic heterocycles. The molecule has 10 heteroatoms. The maximum atomic E-state index is 11.3. The molecule has 29 heavy (non-hydrogen) atoms. The third-order valence-electron chi connectivity index (χ3n) is 4.08. The van der Waals surface area contributed by atoms with Gasteiger partial charge < -0.3 is 22.2 Å². The van der Waals surface area contributed by atoms with Crippen molar-refractivity contribution in [3.63, 3.8) is 0 Å². The molecule has 0 saturated carbocycles. The first kappa shape index (κ1) is 20.6. The summed E-state index contributed by atoms with van der Waals surface area (Å²) in [5.74, 6) is 0.00827. The minimum absolute atomic E-state index is 0. The minimum atomic E-state index is -0.501. The second-order valence-electron chi connectivity index (χ2n) is 6.14. The monoisotopic (exact) mass is 400 g/mol. The first-order chi connectivity index (χ1) is 13.5. The van der Waals surface area contributed by atoms with E-state index in [0.717, 1.165) is 16.9 Å². The Labute approximate surface area is 188 Å². The second-order valence-corrected chi connectivity index (χ2v) is 6.14. The number of rotatable bonds is 5. The van der Waals surface area contributed by atoms with Crippen molar-refractivity contribution in [3.05, 3.63) is 70.3 Å².